The van der Waals surface area contributed by atoms with E-state index in [0.717, 1.165) is 32.1 Å². The Morgan fingerprint density at radius 2 is 1.86 bits per heavy atom. The molecule has 84 valence electrons. The smallest absolute Gasteiger partial charge is 0.306 e. The molecule has 3 heteroatoms. The lowest BCUT2D eigenvalue weighted by molar-refractivity contribution is -0.142. The third kappa shape index (κ3) is 5.97. The lowest BCUT2D eigenvalue weighted by Gasteiger charge is -2.12. The van der Waals surface area contributed by atoms with Crippen molar-refractivity contribution in [3.63, 3.8) is 0 Å². The minimum atomic E-state index is -0.696. The SMILES string of the molecule is CCC[C@H](CCCC(O)CC)C(=O)O. The van der Waals surface area contributed by atoms with Crippen LogP contribution in [-0.2, 0) is 4.79 Å². The van der Waals surface area contributed by atoms with Crippen LogP contribution in [0.2, 0.25) is 0 Å². The molecule has 0 radical (unpaired) electrons. The van der Waals surface area contributed by atoms with Crippen molar-refractivity contribution in [1.82, 2.24) is 0 Å². The largest absolute Gasteiger partial charge is 0.481 e. The minimum Gasteiger partial charge on any atom is -0.481 e. The van der Waals surface area contributed by atoms with Crippen molar-refractivity contribution in [2.24, 2.45) is 5.92 Å². The monoisotopic (exact) mass is 202 g/mol. The zero-order valence-electron chi connectivity index (χ0n) is 9.20. The first-order chi connectivity index (χ1) is 6.61. The molecule has 3 nitrogen and oxygen atoms in total. The molecule has 0 aromatic carbocycles. The Morgan fingerprint density at radius 1 is 1.21 bits per heavy atom. The number of hydrogen-bond donors (Lipinski definition) is 2. The molecule has 2 N–H and O–H groups in total. The van der Waals surface area contributed by atoms with Crippen molar-refractivity contribution >= 4 is 5.97 Å². The summed E-state index contributed by atoms with van der Waals surface area (Å²) >= 11 is 0. The lowest BCUT2D eigenvalue weighted by Crippen LogP contribution is -2.14. The summed E-state index contributed by atoms with van der Waals surface area (Å²) in [6.07, 6.45) is 4.39. The molecular weight excluding hydrogens is 180 g/mol. The molecule has 0 aliphatic carbocycles. The second-order valence-electron chi connectivity index (χ2n) is 3.82. The topological polar surface area (TPSA) is 57.5 Å². The third-order valence-electron chi connectivity index (χ3n) is 2.55. The quantitative estimate of drug-likeness (QED) is 0.635. The van der Waals surface area contributed by atoms with Crippen LogP contribution < -0.4 is 0 Å². The fourth-order valence-electron chi connectivity index (χ4n) is 1.54. The maximum atomic E-state index is 10.8. The summed E-state index contributed by atoms with van der Waals surface area (Å²) < 4.78 is 0. The van der Waals surface area contributed by atoms with Gasteiger partial charge in [0.15, 0.2) is 0 Å². The van der Waals surface area contributed by atoms with Gasteiger partial charge in [0, 0.05) is 0 Å². The van der Waals surface area contributed by atoms with Crippen molar-refractivity contribution in [2.75, 3.05) is 0 Å². The Balaban J connectivity index is 3.66. The fourth-order valence-corrected chi connectivity index (χ4v) is 1.54. The molecule has 0 aromatic rings. The second-order valence-corrected chi connectivity index (χ2v) is 3.82. The molecule has 0 rings (SSSR count). The van der Waals surface area contributed by atoms with Crippen LogP contribution in [0, 0.1) is 5.92 Å². The van der Waals surface area contributed by atoms with Crippen LogP contribution in [0.3, 0.4) is 0 Å². The maximum absolute atomic E-state index is 10.8. The molecule has 0 heterocycles. The highest BCUT2D eigenvalue weighted by Gasteiger charge is 2.15. The number of aliphatic carboxylic acids is 1. The molecule has 0 aliphatic heterocycles. The van der Waals surface area contributed by atoms with E-state index in [1.807, 2.05) is 13.8 Å². The molecule has 0 saturated heterocycles. The van der Waals surface area contributed by atoms with Crippen LogP contribution in [0.4, 0.5) is 0 Å². The summed E-state index contributed by atoms with van der Waals surface area (Å²) in [6.45, 7) is 3.93. The first-order valence-corrected chi connectivity index (χ1v) is 5.52. The van der Waals surface area contributed by atoms with Crippen LogP contribution in [0.25, 0.3) is 0 Å². The number of aliphatic hydroxyl groups excluding tert-OH is 1. The molecule has 0 bridgehead atoms. The number of carbonyl (C=O) groups is 1. The predicted molar refractivity (Wildman–Crippen MR) is 56.2 cm³/mol. The maximum Gasteiger partial charge on any atom is 0.306 e. The van der Waals surface area contributed by atoms with Gasteiger partial charge in [-0.3, -0.25) is 4.79 Å². The van der Waals surface area contributed by atoms with Gasteiger partial charge in [0.1, 0.15) is 0 Å². The first kappa shape index (κ1) is 13.4. The van der Waals surface area contributed by atoms with E-state index in [4.69, 9.17) is 5.11 Å². The zero-order chi connectivity index (χ0) is 11.0. The molecule has 1 unspecified atom stereocenters. The summed E-state index contributed by atoms with van der Waals surface area (Å²) in [4.78, 5) is 10.8. The van der Waals surface area contributed by atoms with Gasteiger partial charge in [-0.05, 0) is 25.7 Å². The summed E-state index contributed by atoms with van der Waals surface area (Å²) in [6, 6.07) is 0. The third-order valence-corrected chi connectivity index (χ3v) is 2.55. The second kappa shape index (κ2) is 7.80. The predicted octanol–water partition coefficient (Wildman–Crippen LogP) is 2.43. The van der Waals surface area contributed by atoms with Gasteiger partial charge < -0.3 is 10.2 Å². The summed E-state index contributed by atoms with van der Waals surface area (Å²) in [5.74, 6) is -0.915. The molecule has 2 atom stereocenters. The van der Waals surface area contributed by atoms with Crippen LogP contribution >= 0.6 is 0 Å². The van der Waals surface area contributed by atoms with Crippen molar-refractivity contribution < 1.29 is 15.0 Å². The van der Waals surface area contributed by atoms with Gasteiger partial charge in [0.05, 0.1) is 12.0 Å². The highest BCUT2D eigenvalue weighted by molar-refractivity contribution is 5.69. The number of rotatable bonds is 8. The summed E-state index contributed by atoms with van der Waals surface area (Å²) in [7, 11) is 0. The van der Waals surface area contributed by atoms with Crippen molar-refractivity contribution in [3.8, 4) is 0 Å². The van der Waals surface area contributed by atoms with Crippen molar-refractivity contribution in [3.05, 3.63) is 0 Å². The van der Waals surface area contributed by atoms with Gasteiger partial charge in [-0.25, -0.2) is 0 Å². The van der Waals surface area contributed by atoms with E-state index in [0.29, 0.717) is 6.42 Å². The van der Waals surface area contributed by atoms with E-state index in [1.165, 1.54) is 0 Å². The van der Waals surface area contributed by atoms with Gasteiger partial charge in [0.2, 0.25) is 0 Å². The Bertz CT molecular complexity index is 157. The first-order valence-electron chi connectivity index (χ1n) is 5.52. The van der Waals surface area contributed by atoms with Crippen LogP contribution in [0.15, 0.2) is 0 Å². The van der Waals surface area contributed by atoms with Crippen LogP contribution in [0.1, 0.15) is 52.4 Å². The molecule has 0 saturated carbocycles. The van der Waals surface area contributed by atoms with E-state index >= 15 is 0 Å². The summed E-state index contributed by atoms with van der Waals surface area (Å²) in [5.41, 5.74) is 0. The van der Waals surface area contributed by atoms with E-state index < -0.39 is 5.97 Å². The zero-order valence-corrected chi connectivity index (χ0v) is 9.20. The van der Waals surface area contributed by atoms with Crippen molar-refractivity contribution in [1.29, 1.82) is 0 Å². The normalized spacial score (nSPS) is 15.1. The van der Waals surface area contributed by atoms with Crippen LogP contribution in [0.5, 0.6) is 0 Å². The molecule has 0 aromatic heterocycles. The summed E-state index contributed by atoms with van der Waals surface area (Å²) in [5, 5.41) is 18.2. The van der Waals surface area contributed by atoms with Gasteiger partial charge >= 0.3 is 5.97 Å². The molecule has 0 aliphatic rings. The molecule has 0 amide bonds. The van der Waals surface area contributed by atoms with E-state index in [9.17, 15) is 9.90 Å². The number of aliphatic hydroxyl groups is 1. The average molecular weight is 202 g/mol. The lowest BCUT2D eigenvalue weighted by atomic mass is 9.96. The standard InChI is InChI=1S/C11H22O3/c1-3-6-9(11(13)14)7-5-8-10(12)4-2/h9-10,12H,3-8H2,1-2H3,(H,13,14)/t9-,10?/m1/s1. The molecule has 0 spiro atoms. The average Bonchev–Trinajstić information content (AvgIpc) is 2.16. The van der Waals surface area contributed by atoms with E-state index in [1.54, 1.807) is 0 Å². The van der Waals surface area contributed by atoms with Gasteiger partial charge in [-0.15, -0.1) is 0 Å². The van der Waals surface area contributed by atoms with Gasteiger partial charge in [-0.2, -0.15) is 0 Å². The Labute approximate surface area is 86.1 Å². The van der Waals surface area contributed by atoms with Crippen molar-refractivity contribution in [2.45, 2.75) is 58.5 Å². The Kier molecular flexibility index (Phi) is 7.48. The molecule has 14 heavy (non-hydrogen) atoms. The highest BCUT2D eigenvalue weighted by Crippen LogP contribution is 2.16. The van der Waals surface area contributed by atoms with Gasteiger partial charge in [-0.1, -0.05) is 26.7 Å². The molecule has 0 fully saturated rings. The Hall–Kier alpha value is -0.570. The van der Waals surface area contributed by atoms with Crippen LogP contribution in [-0.4, -0.2) is 22.3 Å². The van der Waals surface area contributed by atoms with Gasteiger partial charge in [0.25, 0.3) is 0 Å². The fraction of sp³-hybridized carbons (Fsp3) is 0.909. The minimum absolute atomic E-state index is 0.218. The number of carboxylic acid groups (broad SMARTS) is 1. The number of carboxylic acids is 1. The Morgan fingerprint density at radius 3 is 2.29 bits per heavy atom. The number of hydrogen-bond acceptors (Lipinski definition) is 2. The van der Waals surface area contributed by atoms with E-state index in [2.05, 4.69) is 0 Å². The van der Waals surface area contributed by atoms with E-state index in [-0.39, 0.29) is 12.0 Å². The molecular formula is C11H22O3. The highest BCUT2D eigenvalue weighted by atomic mass is 16.4.